The quantitative estimate of drug-likeness (QED) is 0.827. The molecule has 2 atom stereocenters. The molecule has 2 unspecified atom stereocenters. The van der Waals surface area contributed by atoms with E-state index in [2.05, 4.69) is 20.8 Å². The molecule has 0 aromatic heterocycles. The highest BCUT2D eigenvalue weighted by atomic mass is 79.9. The van der Waals surface area contributed by atoms with Crippen molar-refractivity contribution in [2.24, 2.45) is 5.92 Å². The Morgan fingerprint density at radius 2 is 1.89 bits per heavy atom. The summed E-state index contributed by atoms with van der Waals surface area (Å²) < 4.78 is 6.95. The van der Waals surface area contributed by atoms with Crippen molar-refractivity contribution in [1.82, 2.24) is 4.90 Å². The van der Waals surface area contributed by atoms with Gasteiger partial charge in [0.25, 0.3) is 0 Å². The molecule has 0 radical (unpaired) electrons. The topological polar surface area (TPSA) is 12.5 Å². The van der Waals surface area contributed by atoms with Crippen LogP contribution in [0.3, 0.4) is 0 Å². The summed E-state index contributed by atoms with van der Waals surface area (Å²) >= 11 is 3.44. The average molecular weight is 324 g/mol. The number of piperidine rings is 1. The molecule has 19 heavy (non-hydrogen) atoms. The molecule has 0 amide bonds. The summed E-state index contributed by atoms with van der Waals surface area (Å²) in [5.74, 6) is 1.95. The van der Waals surface area contributed by atoms with E-state index in [4.69, 9.17) is 4.74 Å². The van der Waals surface area contributed by atoms with Crippen LogP contribution >= 0.6 is 15.9 Å². The van der Waals surface area contributed by atoms with Crippen molar-refractivity contribution in [2.75, 3.05) is 19.7 Å². The summed E-state index contributed by atoms with van der Waals surface area (Å²) in [6.07, 6.45) is 7.12. The first-order valence-electron chi connectivity index (χ1n) is 7.45. The van der Waals surface area contributed by atoms with Gasteiger partial charge in [-0.25, -0.2) is 0 Å². The zero-order valence-electron chi connectivity index (χ0n) is 11.4. The van der Waals surface area contributed by atoms with Gasteiger partial charge in [-0.2, -0.15) is 0 Å². The number of rotatable bonds is 4. The lowest BCUT2D eigenvalue weighted by molar-refractivity contribution is 0.0951. The van der Waals surface area contributed by atoms with Crippen LogP contribution in [0.25, 0.3) is 0 Å². The minimum Gasteiger partial charge on any atom is -0.492 e. The van der Waals surface area contributed by atoms with Crippen LogP contribution in [-0.2, 0) is 0 Å². The highest BCUT2D eigenvalue weighted by Crippen LogP contribution is 2.36. The van der Waals surface area contributed by atoms with E-state index in [1.54, 1.807) is 0 Å². The molecular weight excluding hydrogens is 302 g/mol. The molecule has 3 rings (SSSR count). The van der Waals surface area contributed by atoms with Gasteiger partial charge in [-0.05, 0) is 62.4 Å². The van der Waals surface area contributed by atoms with Crippen LogP contribution < -0.4 is 4.74 Å². The Kier molecular flexibility index (Phi) is 4.44. The van der Waals surface area contributed by atoms with Gasteiger partial charge in [0, 0.05) is 17.1 Å². The van der Waals surface area contributed by atoms with Gasteiger partial charge in [-0.15, -0.1) is 0 Å². The zero-order chi connectivity index (χ0) is 13.1. The van der Waals surface area contributed by atoms with Crippen molar-refractivity contribution in [2.45, 2.75) is 38.1 Å². The summed E-state index contributed by atoms with van der Waals surface area (Å²) in [6.45, 7) is 3.16. The van der Waals surface area contributed by atoms with Crippen molar-refractivity contribution >= 4 is 15.9 Å². The Morgan fingerprint density at radius 1 is 1.11 bits per heavy atom. The Labute approximate surface area is 124 Å². The van der Waals surface area contributed by atoms with Gasteiger partial charge >= 0.3 is 0 Å². The second kappa shape index (κ2) is 6.27. The minimum absolute atomic E-state index is 0.810. The van der Waals surface area contributed by atoms with Crippen LogP contribution in [0.2, 0.25) is 0 Å². The molecule has 1 aliphatic carbocycles. The van der Waals surface area contributed by atoms with Crippen LogP contribution in [0, 0.1) is 5.92 Å². The molecule has 2 nitrogen and oxygen atoms in total. The molecule has 1 saturated carbocycles. The second-order valence-electron chi connectivity index (χ2n) is 5.74. The molecule has 1 aromatic rings. The number of benzene rings is 1. The summed E-state index contributed by atoms with van der Waals surface area (Å²) in [6, 6.07) is 8.96. The molecule has 0 N–H and O–H groups in total. The van der Waals surface area contributed by atoms with Crippen LogP contribution in [0.5, 0.6) is 5.75 Å². The molecule has 0 bridgehead atoms. The van der Waals surface area contributed by atoms with Gasteiger partial charge in [0.05, 0.1) is 0 Å². The molecule has 0 spiro atoms. The number of hydrogen-bond acceptors (Lipinski definition) is 2. The first-order chi connectivity index (χ1) is 9.33. The zero-order valence-corrected chi connectivity index (χ0v) is 12.9. The third-order valence-electron chi connectivity index (χ3n) is 4.57. The SMILES string of the molecule is Brc1ccc(OCCN2CCCC3CCCC32)cc1. The van der Waals surface area contributed by atoms with E-state index in [0.29, 0.717) is 0 Å². The van der Waals surface area contributed by atoms with Crippen molar-refractivity contribution in [1.29, 1.82) is 0 Å². The van der Waals surface area contributed by atoms with Crippen LogP contribution in [0.15, 0.2) is 28.7 Å². The van der Waals surface area contributed by atoms with E-state index in [1.165, 1.54) is 38.6 Å². The van der Waals surface area contributed by atoms with Crippen LogP contribution in [0.1, 0.15) is 32.1 Å². The molecular formula is C16H22BrNO. The lowest BCUT2D eigenvalue weighted by atomic mass is 9.92. The largest absolute Gasteiger partial charge is 0.492 e. The summed E-state index contributed by atoms with van der Waals surface area (Å²) in [4.78, 5) is 2.67. The van der Waals surface area contributed by atoms with E-state index in [1.807, 2.05) is 24.3 Å². The Bertz CT molecular complexity index is 406. The van der Waals surface area contributed by atoms with Gasteiger partial charge in [-0.1, -0.05) is 22.4 Å². The second-order valence-corrected chi connectivity index (χ2v) is 6.65. The average Bonchev–Trinajstić information content (AvgIpc) is 2.90. The number of nitrogens with zero attached hydrogens (tertiary/aromatic N) is 1. The normalized spacial score (nSPS) is 27.2. The number of likely N-dealkylation sites (tertiary alicyclic amines) is 1. The summed E-state index contributed by atoms with van der Waals surface area (Å²) in [7, 11) is 0. The fraction of sp³-hybridized carbons (Fsp3) is 0.625. The maximum atomic E-state index is 5.85. The summed E-state index contributed by atoms with van der Waals surface area (Å²) in [5, 5.41) is 0. The first-order valence-corrected chi connectivity index (χ1v) is 8.24. The van der Waals surface area contributed by atoms with Crippen molar-refractivity contribution in [3.05, 3.63) is 28.7 Å². The molecule has 1 aromatic carbocycles. The molecule has 2 aliphatic rings. The Hall–Kier alpha value is -0.540. The molecule has 3 heteroatoms. The number of ether oxygens (including phenoxy) is 1. The van der Waals surface area contributed by atoms with Gasteiger partial charge in [0.2, 0.25) is 0 Å². The van der Waals surface area contributed by atoms with Gasteiger partial charge in [0.1, 0.15) is 12.4 Å². The number of halogens is 1. The van der Waals surface area contributed by atoms with E-state index < -0.39 is 0 Å². The predicted octanol–water partition coefficient (Wildman–Crippen LogP) is 4.09. The molecule has 1 saturated heterocycles. The third-order valence-corrected chi connectivity index (χ3v) is 5.10. The van der Waals surface area contributed by atoms with Gasteiger partial charge in [0.15, 0.2) is 0 Å². The van der Waals surface area contributed by atoms with Gasteiger partial charge < -0.3 is 4.74 Å². The van der Waals surface area contributed by atoms with Crippen LogP contribution in [0.4, 0.5) is 0 Å². The van der Waals surface area contributed by atoms with Crippen molar-refractivity contribution in [3.8, 4) is 5.75 Å². The maximum absolute atomic E-state index is 5.85. The monoisotopic (exact) mass is 323 g/mol. The molecule has 104 valence electrons. The molecule has 1 heterocycles. The Balaban J connectivity index is 1.48. The number of hydrogen-bond donors (Lipinski definition) is 0. The standard InChI is InChI=1S/C16H22BrNO/c17-14-6-8-15(9-7-14)19-12-11-18-10-2-4-13-3-1-5-16(13)18/h6-9,13,16H,1-5,10-12H2. The molecule has 2 fully saturated rings. The fourth-order valence-electron chi connectivity index (χ4n) is 3.65. The van der Waals surface area contributed by atoms with E-state index >= 15 is 0 Å². The smallest absolute Gasteiger partial charge is 0.119 e. The Morgan fingerprint density at radius 3 is 2.74 bits per heavy atom. The minimum atomic E-state index is 0.810. The maximum Gasteiger partial charge on any atom is 0.119 e. The lowest BCUT2D eigenvalue weighted by Crippen LogP contribution is -2.44. The van der Waals surface area contributed by atoms with Crippen LogP contribution in [-0.4, -0.2) is 30.6 Å². The first kappa shape index (κ1) is 13.4. The van der Waals surface area contributed by atoms with E-state index in [-0.39, 0.29) is 0 Å². The molecule has 1 aliphatic heterocycles. The highest BCUT2D eigenvalue weighted by molar-refractivity contribution is 9.10. The fourth-order valence-corrected chi connectivity index (χ4v) is 3.91. The highest BCUT2D eigenvalue weighted by Gasteiger charge is 2.34. The van der Waals surface area contributed by atoms with Gasteiger partial charge in [-0.3, -0.25) is 4.90 Å². The lowest BCUT2D eigenvalue weighted by Gasteiger charge is -2.37. The van der Waals surface area contributed by atoms with Crippen molar-refractivity contribution in [3.63, 3.8) is 0 Å². The number of fused-ring (bicyclic) bond motifs is 1. The van der Waals surface area contributed by atoms with E-state index in [9.17, 15) is 0 Å². The van der Waals surface area contributed by atoms with Crippen molar-refractivity contribution < 1.29 is 4.74 Å². The van der Waals surface area contributed by atoms with E-state index in [0.717, 1.165) is 35.3 Å². The predicted molar refractivity (Wildman–Crippen MR) is 81.6 cm³/mol. The summed E-state index contributed by atoms with van der Waals surface area (Å²) in [5.41, 5.74) is 0. The third kappa shape index (κ3) is 3.32.